The van der Waals surface area contributed by atoms with Crippen LogP contribution in [0.4, 0.5) is 5.82 Å². The van der Waals surface area contributed by atoms with Crippen molar-refractivity contribution in [3.8, 4) is 22.8 Å². The van der Waals surface area contributed by atoms with Gasteiger partial charge < -0.3 is 25.2 Å². The number of piperidine rings is 2. The molecule has 4 amide bonds. The number of nitrogens with zero attached hydrogens (tertiary/aromatic N) is 8. The van der Waals surface area contributed by atoms with Crippen molar-refractivity contribution < 1.29 is 23.9 Å². The Labute approximate surface area is 389 Å². The number of piperazine rings is 1. The summed E-state index contributed by atoms with van der Waals surface area (Å²) < 4.78 is 7.94. The summed E-state index contributed by atoms with van der Waals surface area (Å²) in [7, 11) is 0. The number of amides is 4. The number of thioether (sulfide) groups is 1. The number of hydrogen-bond acceptors (Lipinski definition) is 12. The quantitative estimate of drug-likeness (QED) is 0.0438. The van der Waals surface area contributed by atoms with Crippen molar-refractivity contribution in [3.05, 3.63) is 102 Å². The average molecular weight is 911 g/mol. The van der Waals surface area contributed by atoms with Crippen LogP contribution in [0.5, 0.6) is 11.5 Å². The summed E-state index contributed by atoms with van der Waals surface area (Å²) in [6.07, 6.45) is 13.5. The number of para-hydroxylation sites is 1. The molecule has 0 bridgehead atoms. The zero-order chi connectivity index (χ0) is 45.4. The van der Waals surface area contributed by atoms with E-state index in [4.69, 9.17) is 15.6 Å². The first-order valence-corrected chi connectivity index (χ1v) is 24.4. The molecule has 3 aromatic carbocycles. The summed E-state index contributed by atoms with van der Waals surface area (Å²) in [6.45, 7) is 7.59. The highest BCUT2D eigenvalue weighted by molar-refractivity contribution is 7.99. The molecule has 4 aliphatic rings. The second kappa shape index (κ2) is 21.0. The average Bonchev–Trinajstić information content (AvgIpc) is 3.90. The maximum Gasteiger partial charge on any atom is 0.255 e. The molecule has 344 valence electrons. The lowest BCUT2D eigenvalue weighted by molar-refractivity contribution is -0.137. The third kappa shape index (κ3) is 10.5. The van der Waals surface area contributed by atoms with Gasteiger partial charge in [0.15, 0.2) is 5.65 Å². The lowest BCUT2D eigenvalue weighted by atomic mass is 10.0. The van der Waals surface area contributed by atoms with E-state index in [0.717, 1.165) is 91.8 Å². The number of imide groups is 1. The SMILES string of the molecule is Nc1ncnc2c1c(-c1ccc(Oc3ccccc3)cc1)nn2[C@@H]1CCCN(C(=O)/C=C/CN2CCN(CCCCCCCSc3cccc4c3CN(C3CCC(=O)NC3=O)C4=O)CC2)C1. The highest BCUT2D eigenvalue weighted by Gasteiger charge is 2.40. The van der Waals surface area contributed by atoms with Crippen molar-refractivity contribution in [2.24, 2.45) is 0 Å². The van der Waals surface area contributed by atoms with Gasteiger partial charge in [0.25, 0.3) is 5.91 Å². The molecule has 4 aliphatic heterocycles. The van der Waals surface area contributed by atoms with Crippen LogP contribution in [0, 0.1) is 0 Å². The number of nitrogens with one attached hydrogen (secondary N) is 1. The number of nitrogens with two attached hydrogens (primary N) is 1. The summed E-state index contributed by atoms with van der Waals surface area (Å²) in [4.78, 5) is 69.3. The van der Waals surface area contributed by atoms with Crippen LogP contribution in [0.1, 0.15) is 79.8 Å². The second-order valence-electron chi connectivity index (χ2n) is 17.6. The first kappa shape index (κ1) is 45.1. The van der Waals surface area contributed by atoms with Gasteiger partial charge in [0, 0.05) is 80.9 Å². The van der Waals surface area contributed by atoms with E-state index in [0.29, 0.717) is 54.2 Å². The van der Waals surface area contributed by atoms with Gasteiger partial charge in [-0.3, -0.25) is 29.4 Å². The Hall–Kier alpha value is -6.10. The van der Waals surface area contributed by atoms with Gasteiger partial charge in [0.05, 0.1) is 11.4 Å². The van der Waals surface area contributed by atoms with Gasteiger partial charge in [-0.05, 0) is 98.5 Å². The molecule has 1 unspecified atom stereocenters. The van der Waals surface area contributed by atoms with E-state index in [2.05, 4.69) is 31.2 Å². The summed E-state index contributed by atoms with van der Waals surface area (Å²) in [5.41, 5.74) is 10.4. The lowest BCUT2D eigenvalue weighted by Crippen LogP contribution is -2.52. The first-order valence-electron chi connectivity index (χ1n) is 23.4. The summed E-state index contributed by atoms with van der Waals surface area (Å²) in [5.74, 6) is 2.10. The number of aromatic nitrogens is 4. The van der Waals surface area contributed by atoms with Gasteiger partial charge >= 0.3 is 0 Å². The Kier molecular flexibility index (Phi) is 14.4. The molecule has 0 radical (unpaired) electrons. The minimum Gasteiger partial charge on any atom is -0.457 e. The molecule has 16 heteroatoms. The number of ether oxygens (including phenoxy) is 1. The molecule has 3 N–H and O–H groups in total. The molecule has 66 heavy (non-hydrogen) atoms. The molecule has 3 fully saturated rings. The van der Waals surface area contributed by atoms with Crippen molar-refractivity contribution in [1.82, 2.24) is 44.7 Å². The molecule has 5 aromatic rings. The molecule has 9 rings (SSSR count). The van der Waals surface area contributed by atoms with E-state index in [9.17, 15) is 19.2 Å². The van der Waals surface area contributed by atoms with Crippen LogP contribution in [0.3, 0.4) is 0 Å². The number of carbonyl (C=O) groups excluding carboxylic acids is 4. The molecule has 0 spiro atoms. The molecule has 2 atom stereocenters. The number of likely N-dealkylation sites (tertiary alicyclic amines) is 1. The van der Waals surface area contributed by atoms with Gasteiger partial charge in [-0.15, -0.1) is 11.8 Å². The van der Waals surface area contributed by atoms with Crippen molar-refractivity contribution in [3.63, 3.8) is 0 Å². The number of fused-ring (bicyclic) bond motifs is 2. The maximum atomic E-state index is 13.5. The number of hydrogen-bond donors (Lipinski definition) is 2. The highest BCUT2D eigenvalue weighted by Crippen LogP contribution is 2.37. The Morgan fingerprint density at radius 3 is 2.44 bits per heavy atom. The largest absolute Gasteiger partial charge is 0.457 e. The Bertz CT molecular complexity index is 2560. The Morgan fingerprint density at radius 1 is 0.848 bits per heavy atom. The van der Waals surface area contributed by atoms with Crippen molar-refractivity contribution >= 4 is 52.2 Å². The van der Waals surface area contributed by atoms with Crippen LogP contribution in [0.25, 0.3) is 22.3 Å². The van der Waals surface area contributed by atoms with E-state index < -0.39 is 6.04 Å². The van der Waals surface area contributed by atoms with Gasteiger partial charge in [0.1, 0.15) is 35.4 Å². The number of nitrogen functional groups attached to an aromatic ring is 1. The van der Waals surface area contributed by atoms with Crippen LogP contribution >= 0.6 is 11.8 Å². The molecular formula is C50H58N10O5S. The summed E-state index contributed by atoms with van der Waals surface area (Å²) in [6, 6.07) is 22.6. The fourth-order valence-corrected chi connectivity index (χ4v) is 10.6. The van der Waals surface area contributed by atoms with E-state index in [-0.39, 0.29) is 36.1 Å². The monoisotopic (exact) mass is 910 g/mol. The Morgan fingerprint density at radius 2 is 1.62 bits per heavy atom. The van der Waals surface area contributed by atoms with Crippen molar-refractivity contribution in [2.75, 3.05) is 63.8 Å². The van der Waals surface area contributed by atoms with E-state index in [1.165, 1.54) is 32.0 Å². The normalized spacial score (nSPS) is 19.5. The fraction of sp³-hybridized carbons (Fsp3) is 0.420. The topological polar surface area (TPSA) is 172 Å². The van der Waals surface area contributed by atoms with Gasteiger partial charge in [-0.2, -0.15) is 5.10 Å². The minimum absolute atomic E-state index is 0.0233. The van der Waals surface area contributed by atoms with Crippen LogP contribution in [0.15, 0.2) is 96.2 Å². The number of carbonyl (C=O) groups is 4. The molecule has 6 heterocycles. The first-order chi connectivity index (χ1) is 32.3. The molecule has 3 saturated heterocycles. The van der Waals surface area contributed by atoms with Gasteiger partial charge in [-0.1, -0.05) is 49.6 Å². The third-order valence-corrected chi connectivity index (χ3v) is 14.4. The molecular weight excluding hydrogens is 853 g/mol. The van der Waals surface area contributed by atoms with Gasteiger partial charge in [-0.25, -0.2) is 14.6 Å². The van der Waals surface area contributed by atoms with Crippen LogP contribution in [-0.2, 0) is 20.9 Å². The maximum absolute atomic E-state index is 13.5. The molecule has 15 nitrogen and oxygen atoms in total. The number of benzene rings is 3. The highest BCUT2D eigenvalue weighted by atomic mass is 32.2. The van der Waals surface area contributed by atoms with Crippen molar-refractivity contribution in [1.29, 1.82) is 0 Å². The molecule has 2 aromatic heterocycles. The predicted octanol–water partition coefficient (Wildman–Crippen LogP) is 6.71. The predicted molar refractivity (Wildman–Crippen MR) is 255 cm³/mol. The third-order valence-electron chi connectivity index (χ3n) is 13.2. The number of rotatable bonds is 17. The van der Waals surface area contributed by atoms with E-state index in [1.807, 2.05) is 82.4 Å². The summed E-state index contributed by atoms with van der Waals surface area (Å²) in [5, 5.41) is 8.15. The lowest BCUT2D eigenvalue weighted by Gasteiger charge is -2.34. The van der Waals surface area contributed by atoms with E-state index in [1.54, 1.807) is 22.7 Å². The zero-order valence-corrected chi connectivity index (χ0v) is 38.2. The van der Waals surface area contributed by atoms with Crippen molar-refractivity contribution in [2.45, 2.75) is 81.3 Å². The van der Waals surface area contributed by atoms with Gasteiger partial charge in [0.2, 0.25) is 17.7 Å². The standard InChI is InChI=1S/C50H58N10O5S/c51-47-45-46(35-18-20-38(21-19-35)65-37-13-5-4-6-14-37)55-60(48(45)53-34-52-47)36-12-10-26-58(32-36)44(62)17-11-25-57-29-27-56(28-30-57)24-7-2-1-3-8-31-66-42-16-9-15-39-40(42)33-59(50(39)64)41-22-23-43(61)54-49(41)63/h4-6,9,11,13-21,34,36,41H,1-3,7-8,10,12,22-33H2,(H2,51,52,53)(H,54,61,63)/b17-11+/t36-,41?/m1/s1. The number of anilines is 1. The second-order valence-corrected chi connectivity index (χ2v) is 18.8. The number of unbranched alkanes of at least 4 members (excludes halogenated alkanes) is 4. The minimum atomic E-state index is -0.589. The zero-order valence-electron chi connectivity index (χ0n) is 37.4. The van der Waals surface area contributed by atoms with Crippen LogP contribution in [-0.4, -0.2) is 127 Å². The molecule has 0 aliphatic carbocycles. The fourth-order valence-electron chi connectivity index (χ4n) is 9.56. The molecule has 0 saturated carbocycles. The summed E-state index contributed by atoms with van der Waals surface area (Å²) >= 11 is 1.79. The van der Waals surface area contributed by atoms with Crippen LogP contribution in [0.2, 0.25) is 0 Å². The van der Waals surface area contributed by atoms with Crippen LogP contribution < -0.4 is 15.8 Å². The Balaban J connectivity index is 0.671. The smallest absolute Gasteiger partial charge is 0.255 e. The van der Waals surface area contributed by atoms with E-state index >= 15 is 0 Å².